The van der Waals surface area contributed by atoms with E-state index in [-0.39, 0.29) is 17.9 Å². The number of carbonyl (C=O) groups is 2. The van der Waals surface area contributed by atoms with Gasteiger partial charge in [0.05, 0.1) is 21.3 Å². The molecule has 0 saturated carbocycles. The molecule has 1 unspecified atom stereocenters. The van der Waals surface area contributed by atoms with Gasteiger partial charge in [-0.05, 0) is 41.5 Å². The molecule has 2 aromatic carbocycles. The van der Waals surface area contributed by atoms with Gasteiger partial charge in [0.15, 0.2) is 23.0 Å². The van der Waals surface area contributed by atoms with Gasteiger partial charge in [0, 0.05) is 12.5 Å². The first-order valence-corrected chi connectivity index (χ1v) is 8.57. The fourth-order valence-corrected chi connectivity index (χ4v) is 2.51. The molecule has 2 N–H and O–H groups in total. The fourth-order valence-electron chi connectivity index (χ4n) is 2.51. The highest BCUT2D eigenvalue weighted by Crippen LogP contribution is 2.28. The first-order chi connectivity index (χ1) is 13.9. The van der Waals surface area contributed by atoms with E-state index >= 15 is 0 Å². The summed E-state index contributed by atoms with van der Waals surface area (Å²) in [5, 5.41) is 19.0. The van der Waals surface area contributed by atoms with Crippen LogP contribution in [-0.2, 0) is 25.5 Å². The summed E-state index contributed by atoms with van der Waals surface area (Å²) in [6, 6.07) is 9.15. The topological polar surface area (TPSA) is 112 Å². The van der Waals surface area contributed by atoms with Gasteiger partial charge in [-0.1, -0.05) is 12.1 Å². The summed E-state index contributed by atoms with van der Waals surface area (Å²) < 4.78 is 20.2. The number of esters is 2. The van der Waals surface area contributed by atoms with Crippen LogP contribution in [0.4, 0.5) is 0 Å². The molecule has 0 saturated heterocycles. The number of methoxy groups -OCH3 is 3. The predicted octanol–water partition coefficient (Wildman–Crippen LogP) is 2.46. The summed E-state index contributed by atoms with van der Waals surface area (Å²) in [7, 11) is 4.20. The number of aromatic hydroxyl groups is 2. The molecule has 0 aliphatic rings. The Morgan fingerprint density at radius 1 is 0.966 bits per heavy atom. The Hall–Kier alpha value is -3.68. The van der Waals surface area contributed by atoms with Crippen LogP contribution in [0.25, 0.3) is 6.08 Å². The third-order valence-corrected chi connectivity index (χ3v) is 4.00. The number of phenolic OH excluding ortho intramolecular Hbond substituents is 2. The minimum Gasteiger partial charge on any atom is -0.504 e. The highest BCUT2D eigenvalue weighted by atomic mass is 16.6. The largest absolute Gasteiger partial charge is 0.504 e. The van der Waals surface area contributed by atoms with Gasteiger partial charge >= 0.3 is 11.9 Å². The molecular formula is C21H22O8. The standard InChI is InChI=1S/C21H22O8/c1-26-17-8-5-13(11-18(17)27-2)6-9-20(24)29-19(21(25)28-3)12-14-4-7-15(22)16(23)10-14/h4-11,19,22-23H,12H2,1-3H3/b9-6+. The van der Waals surface area contributed by atoms with Crippen molar-refractivity contribution in [1.29, 1.82) is 0 Å². The van der Waals surface area contributed by atoms with E-state index in [4.69, 9.17) is 14.2 Å². The number of phenols is 2. The number of benzene rings is 2. The Kier molecular flexibility index (Phi) is 7.47. The van der Waals surface area contributed by atoms with Crippen molar-refractivity contribution in [1.82, 2.24) is 0 Å². The van der Waals surface area contributed by atoms with Crippen LogP contribution in [0.15, 0.2) is 42.5 Å². The smallest absolute Gasteiger partial charge is 0.347 e. The summed E-state index contributed by atoms with van der Waals surface area (Å²) >= 11 is 0. The van der Waals surface area contributed by atoms with Gasteiger partial charge in [0.25, 0.3) is 0 Å². The maximum Gasteiger partial charge on any atom is 0.347 e. The summed E-state index contributed by atoms with van der Waals surface area (Å²) in [5.41, 5.74) is 1.14. The Bertz CT molecular complexity index is 904. The molecular weight excluding hydrogens is 380 g/mol. The molecule has 0 heterocycles. The van der Waals surface area contributed by atoms with Crippen molar-refractivity contribution in [2.45, 2.75) is 12.5 Å². The van der Waals surface area contributed by atoms with Crippen LogP contribution in [0, 0.1) is 0 Å². The first-order valence-electron chi connectivity index (χ1n) is 8.57. The van der Waals surface area contributed by atoms with E-state index < -0.39 is 18.0 Å². The minimum atomic E-state index is -1.22. The van der Waals surface area contributed by atoms with E-state index in [1.165, 1.54) is 51.7 Å². The average Bonchev–Trinajstić information content (AvgIpc) is 2.73. The van der Waals surface area contributed by atoms with Crippen molar-refractivity contribution in [3.8, 4) is 23.0 Å². The molecule has 0 amide bonds. The lowest BCUT2D eigenvalue weighted by molar-refractivity contribution is -0.162. The Labute approximate surface area is 167 Å². The number of hydrogen-bond acceptors (Lipinski definition) is 8. The number of hydrogen-bond donors (Lipinski definition) is 2. The van der Waals surface area contributed by atoms with Crippen molar-refractivity contribution in [2.75, 3.05) is 21.3 Å². The summed E-state index contributed by atoms with van der Waals surface area (Å²) in [4.78, 5) is 24.1. The number of carbonyl (C=O) groups excluding carboxylic acids is 2. The highest BCUT2D eigenvalue weighted by Gasteiger charge is 2.24. The Morgan fingerprint density at radius 2 is 1.69 bits per heavy atom. The third-order valence-electron chi connectivity index (χ3n) is 4.00. The van der Waals surface area contributed by atoms with E-state index in [0.717, 1.165) is 0 Å². The van der Waals surface area contributed by atoms with Gasteiger partial charge in [-0.25, -0.2) is 9.59 Å². The van der Waals surface area contributed by atoms with Gasteiger partial charge in [-0.3, -0.25) is 0 Å². The lowest BCUT2D eigenvalue weighted by Crippen LogP contribution is -2.30. The van der Waals surface area contributed by atoms with Gasteiger partial charge < -0.3 is 29.2 Å². The maximum atomic E-state index is 12.2. The normalized spacial score (nSPS) is 11.7. The summed E-state index contributed by atoms with van der Waals surface area (Å²) in [6.45, 7) is 0. The van der Waals surface area contributed by atoms with E-state index in [2.05, 4.69) is 4.74 Å². The van der Waals surface area contributed by atoms with Crippen molar-refractivity contribution >= 4 is 18.0 Å². The Morgan fingerprint density at radius 3 is 2.31 bits per heavy atom. The Balaban J connectivity index is 2.10. The monoisotopic (exact) mass is 402 g/mol. The predicted molar refractivity (Wildman–Crippen MR) is 104 cm³/mol. The van der Waals surface area contributed by atoms with E-state index in [0.29, 0.717) is 22.6 Å². The van der Waals surface area contributed by atoms with Crippen LogP contribution in [-0.4, -0.2) is 49.6 Å². The lowest BCUT2D eigenvalue weighted by atomic mass is 10.1. The molecule has 0 spiro atoms. The molecule has 29 heavy (non-hydrogen) atoms. The van der Waals surface area contributed by atoms with Crippen LogP contribution < -0.4 is 9.47 Å². The van der Waals surface area contributed by atoms with Crippen LogP contribution in [0.1, 0.15) is 11.1 Å². The van der Waals surface area contributed by atoms with Crippen molar-refractivity contribution in [3.63, 3.8) is 0 Å². The minimum absolute atomic E-state index is 0.0313. The van der Waals surface area contributed by atoms with Gasteiger partial charge in [-0.2, -0.15) is 0 Å². The molecule has 2 aromatic rings. The van der Waals surface area contributed by atoms with Crippen molar-refractivity contribution in [2.24, 2.45) is 0 Å². The van der Waals surface area contributed by atoms with Crippen molar-refractivity contribution < 1.29 is 38.7 Å². The molecule has 0 aliphatic carbocycles. The van der Waals surface area contributed by atoms with E-state index in [1.54, 1.807) is 18.2 Å². The fraction of sp³-hybridized carbons (Fsp3) is 0.238. The van der Waals surface area contributed by atoms with Crippen LogP contribution in [0.3, 0.4) is 0 Å². The second kappa shape index (κ2) is 10.0. The second-order valence-electron chi connectivity index (χ2n) is 5.92. The zero-order valence-corrected chi connectivity index (χ0v) is 16.2. The lowest BCUT2D eigenvalue weighted by Gasteiger charge is -2.15. The second-order valence-corrected chi connectivity index (χ2v) is 5.92. The van der Waals surface area contributed by atoms with Crippen LogP contribution >= 0.6 is 0 Å². The molecule has 0 fully saturated rings. The number of ether oxygens (including phenoxy) is 4. The molecule has 8 nitrogen and oxygen atoms in total. The molecule has 154 valence electrons. The SMILES string of the molecule is COC(=O)C(Cc1ccc(O)c(O)c1)OC(=O)/C=C/c1ccc(OC)c(OC)c1. The third kappa shape index (κ3) is 5.90. The quantitative estimate of drug-likeness (QED) is 0.393. The van der Waals surface area contributed by atoms with Crippen LogP contribution in [0.2, 0.25) is 0 Å². The average molecular weight is 402 g/mol. The summed E-state index contributed by atoms with van der Waals surface area (Å²) in [5.74, 6) is -1.08. The number of rotatable bonds is 8. The summed E-state index contributed by atoms with van der Waals surface area (Å²) in [6.07, 6.45) is 1.43. The van der Waals surface area contributed by atoms with E-state index in [9.17, 15) is 19.8 Å². The zero-order chi connectivity index (χ0) is 21.4. The molecule has 0 aromatic heterocycles. The van der Waals surface area contributed by atoms with Gasteiger partial charge in [-0.15, -0.1) is 0 Å². The van der Waals surface area contributed by atoms with Gasteiger partial charge in [0.2, 0.25) is 6.10 Å². The molecule has 2 rings (SSSR count). The molecule has 8 heteroatoms. The molecule has 0 aliphatic heterocycles. The van der Waals surface area contributed by atoms with Crippen LogP contribution in [0.5, 0.6) is 23.0 Å². The maximum absolute atomic E-state index is 12.2. The molecule has 0 bridgehead atoms. The first kappa shape index (κ1) is 21.6. The molecule has 0 radical (unpaired) electrons. The molecule has 1 atom stereocenters. The van der Waals surface area contributed by atoms with Gasteiger partial charge in [0.1, 0.15) is 0 Å². The van der Waals surface area contributed by atoms with E-state index in [1.807, 2.05) is 0 Å². The zero-order valence-electron chi connectivity index (χ0n) is 16.2. The highest BCUT2D eigenvalue weighted by molar-refractivity contribution is 5.89. The van der Waals surface area contributed by atoms with Crippen molar-refractivity contribution in [3.05, 3.63) is 53.6 Å².